The van der Waals surface area contributed by atoms with Crippen molar-refractivity contribution in [1.29, 1.82) is 0 Å². The van der Waals surface area contributed by atoms with Crippen LogP contribution in [0.1, 0.15) is 22.5 Å². The number of halogens is 1. The monoisotopic (exact) mass is 232 g/mol. The van der Waals surface area contributed by atoms with Crippen molar-refractivity contribution >= 4 is 33.0 Å². The van der Waals surface area contributed by atoms with Crippen molar-refractivity contribution in [3.05, 3.63) is 22.4 Å². The molecule has 0 amide bonds. The first-order valence-electron chi connectivity index (χ1n) is 3.47. The Bertz CT molecular complexity index is 218. The minimum Gasteiger partial charge on any atom is -0.293 e. The van der Waals surface area contributed by atoms with E-state index in [0.29, 0.717) is 6.42 Å². The largest absolute Gasteiger partial charge is 0.293 e. The molecule has 0 N–H and O–H groups in total. The molecule has 0 fully saturated rings. The molecule has 1 aromatic rings. The van der Waals surface area contributed by atoms with E-state index < -0.39 is 0 Å². The molecule has 0 saturated heterocycles. The number of rotatable bonds is 4. The summed E-state index contributed by atoms with van der Waals surface area (Å²) in [6, 6.07) is 3.78. The van der Waals surface area contributed by atoms with Crippen molar-refractivity contribution in [3.8, 4) is 0 Å². The lowest BCUT2D eigenvalue weighted by Gasteiger charge is -1.92. The van der Waals surface area contributed by atoms with Gasteiger partial charge in [0.05, 0.1) is 4.88 Å². The van der Waals surface area contributed by atoms with Gasteiger partial charge < -0.3 is 0 Å². The van der Waals surface area contributed by atoms with Crippen LogP contribution in [0.25, 0.3) is 0 Å². The molecule has 0 radical (unpaired) electrons. The molecule has 0 saturated carbocycles. The number of Topliss-reactive ketones (excluding diaryl/α,β-unsaturated/α-hetero) is 1. The second-order valence-corrected chi connectivity index (χ2v) is 3.93. The van der Waals surface area contributed by atoms with Gasteiger partial charge >= 0.3 is 0 Å². The number of hydrogen-bond donors (Lipinski definition) is 0. The zero-order valence-corrected chi connectivity index (χ0v) is 8.45. The number of carbonyl (C=O) groups excluding carboxylic acids is 1. The summed E-state index contributed by atoms with van der Waals surface area (Å²) < 4.78 is 0. The lowest BCUT2D eigenvalue weighted by Crippen LogP contribution is -1.95. The summed E-state index contributed by atoms with van der Waals surface area (Å²) in [6.45, 7) is 0. The fourth-order valence-electron chi connectivity index (χ4n) is 0.788. The maximum Gasteiger partial charge on any atom is 0.172 e. The van der Waals surface area contributed by atoms with Crippen LogP contribution in [-0.2, 0) is 0 Å². The molecular weight excluding hydrogens is 224 g/mol. The van der Waals surface area contributed by atoms with E-state index in [1.54, 1.807) is 0 Å². The minimum atomic E-state index is 0.263. The van der Waals surface area contributed by atoms with Gasteiger partial charge in [-0.2, -0.15) is 0 Å². The second kappa shape index (κ2) is 4.67. The number of ketones is 1. The van der Waals surface area contributed by atoms with Gasteiger partial charge in [0.2, 0.25) is 0 Å². The van der Waals surface area contributed by atoms with Crippen LogP contribution in [0.2, 0.25) is 0 Å². The van der Waals surface area contributed by atoms with Gasteiger partial charge in [0.25, 0.3) is 0 Å². The highest BCUT2D eigenvalue weighted by atomic mass is 79.9. The van der Waals surface area contributed by atoms with Gasteiger partial charge in [-0.1, -0.05) is 22.0 Å². The van der Waals surface area contributed by atoms with E-state index in [1.165, 1.54) is 11.3 Å². The van der Waals surface area contributed by atoms with Crippen LogP contribution < -0.4 is 0 Å². The minimum absolute atomic E-state index is 0.263. The highest BCUT2D eigenvalue weighted by Crippen LogP contribution is 2.12. The predicted molar refractivity (Wildman–Crippen MR) is 51.7 cm³/mol. The Morgan fingerprint density at radius 1 is 1.64 bits per heavy atom. The number of carbonyl (C=O) groups is 1. The molecular formula is C8H9BrOS. The Hall–Kier alpha value is -0.150. The molecule has 0 unspecified atom stereocenters. The Balaban J connectivity index is 2.43. The van der Waals surface area contributed by atoms with E-state index in [0.717, 1.165) is 16.6 Å². The third-order valence-electron chi connectivity index (χ3n) is 1.33. The van der Waals surface area contributed by atoms with Crippen LogP contribution in [-0.4, -0.2) is 11.1 Å². The molecule has 0 aliphatic rings. The Labute approximate surface area is 78.6 Å². The maximum absolute atomic E-state index is 11.3. The standard InChI is InChI=1S/C8H9BrOS/c9-5-1-3-7(10)8-4-2-6-11-8/h2,4,6H,1,3,5H2. The van der Waals surface area contributed by atoms with Crippen LogP contribution in [0.3, 0.4) is 0 Å². The van der Waals surface area contributed by atoms with Gasteiger partial charge in [0.1, 0.15) is 0 Å². The molecule has 11 heavy (non-hydrogen) atoms. The number of hydrogen-bond acceptors (Lipinski definition) is 2. The molecule has 0 spiro atoms. The van der Waals surface area contributed by atoms with Crippen molar-refractivity contribution in [3.63, 3.8) is 0 Å². The summed E-state index contributed by atoms with van der Waals surface area (Å²) in [5, 5.41) is 2.84. The predicted octanol–water partition coefficient (Wildman–Crippen LogP) is 3.11. The van der Waals surface area contributed by atoms with Crippen LogP contribution >= 0.6 is 27.3 Å². The topological polar surface area (TPSA) is 17.1 Å². The SMILES string of the molecule is O=C(CCCBr)c1cccs1. The summed E-state index contributed by atoms with van der Waals surface area (Å²) in [4.78, 5) is 12.1. The van der Waals surface area contributed by atoms with Gasteiger partial charge in [-0.3, -0.25) is 4.79 Å². The molecule has 1 rings (SSSR count). The summed E-state index contributed by atoms with van der Waals surface area (Å²) in [5.41, 5.74) is 0. The van der Waals surface area contributed by atoms with Gasteiger partial charge in [-0.15, -0.1) is 11.3 Å². The van der Waals surface area contributed by atoms with Crippen LogP contribution in [0.4, 0.5) is 0 Å². The van der Waals surface area contributed by atoms with Gasteiger partial charge in [-0.05, 0) is 17.9 Å². The summed E-state index contributed by atoms with van der Waals surface area (Å²) >= 11 is 4.81. The Kier molecular flexibility index (Phi) is 3.80. The molecule has 1 heterocycles. The highest BCUT2D eigenvalue weighted by Gasteiger charge is 2.04. The molecule has 0 atom stereocenters. The quantitative estimate of drug-likeness (QED) is 0.576. The molecule has 1 aromatic heterocycles. The van der Waals surface area contributed by atoms with E-state index in [1.807, 2.05) is 17.5 Å². The first-order valence-corrected chi connectivity index (χ1v) is 5.47. The average molecular weight is 233 g/mol. The molecule has 3 heteroatoms. The first kappa shape index (κ1) is 8.94. The zero-order valence-electron chi connectivity index (χ0n) is 6.05. The summed E-state index contributed by atoms with van der Waals surface area (Å²) in [5.74, 6) is 0.263. The van der Waals surface area contributed by atoms with Crippen molar-refractivity contribution in [2.24, 2.45) is 0 Å². The van der Waals surface area contributed by atoms with E-state index in [-0.39, 0.29) is 5.78 Å². The van der Waals surface area contributed by atoms with Gasteiger partial charge in [-0.25, -0.2) is 0 Å². The van der Waals surface area contributed by atoms with E-state index >= 15 is 0 Å². The lowest BCUT2D eigenvalue weighted by atomic mass is 10.2. The van der Waals surface area contributed by atoms with Crippen molar-refractivity contribution in [1.82, 2.24) is 0 Å². The zero-order chi connectivity index (χ0) is 8.10. The smallest absolute Gasteiger partial charge is 0.172 e. The summed E-state index contributed by atoms with van der Waals surface area (Å²) in [6.07, 6.45) is 1.59. The number of alkyl halides is 1. The van der Waals surface area contributed by atoms with E-state index in [9.17, 15) is 4.79 Å². The molecule has 1 nitrogen and oxygen atoms in total. The van der Waals surface area contributed by atoms with Gasteiger partial charge in [0, 0.05) is 11.8 Å². The molecule has 0 bridgehead atoms. The molecule has 60 valence electrons. The third kappa shape index (κ3) is 2.75. The molecule has 0 aliphatic heterocycles. The first-order chi connectivity index (χ1) is 5.34. The fraction of sp³-hybridized carbons (Fsp3) is 0.375. The average Bonchev–Trinajstić information content (AvgIpc) is 2.52. The van der Waals surface area contributed by atoms with Crippen LogP contribution in [0.15, 0.2) is 17.5 Å². The molecule has 0 aromatic carbocycles. The summed E-state index contributed by atoms with van der Waals surface area (Å²) in [7, 11) is 0. The third-order valence-corrected chi connectivity index (χ3v) is 2.81. The van der Waals surface area contributed by atoms with E-state index in [2.05, 4.69) is 15.9 Å². The second-order valence-electron chi connectivity index (χ2n) is 2.19. The number of thiophene rings is 1. The van der Waals surface area contributed by atoms with E-state index in [4.69, 9.17) is 0 Å². The van der Waals surface area contributed by atoms with Crippen molar-refractivity contribution < 1.29 is 4.79 Å². The van der Waals surface area contributed by atoms with Crippen molar-refractivity contribution in [2.75, 3.05) is 5.33 Å². The Morgan fingerprint density at radius 3 is 3.00 bits per heavy atom. The van der Waals surface area contributed by atoms with Gasteiger partial charge in [0.15, 0.2) is 5.78 Å². The van der Waals surface area contributed by atoms with Crippen LogP contribution in [0.5, 0.6) is 0 Å². The fourth-order valence-corrected chi connectivity index (χ4v) is 1.76. The highest BCUT2D eigenvalue weighted by molar-refractivity contribution is 9.09. The normalized spacial score (nSPS) is 9.91. The Morgan fingerprint density at radius 2 is 2.45 bits per heavy atom. The maximum atomic E-state index is 11.3. The van der Waals surface area contributed by atoms with Crippen LogP contribution in [0, 0.1) is 0 Å². The lowest BCUT2D eigenvalue weighted by molar-refractivity contribution is 0.0986. The van der Waals surface area contributed by atoms with Crippen molar-refractivity contribution in [2.45, 2.75) is 12.8 Å². The molecule has 0 aliphatic carbocycles.